The molecule has 0 atom stereocenters. The van der Waals surface area contributed by atoms with Gasteiger partial charge in [-0.15, -0.1) is 0 Å². The van der Waals surface area contributed by atoms with Gasteiger partial charge in [0.25, 0.3) is 5.69 Å². The summed E-state index contributed by atoms with van der Waals surface area (Å²) in [5.41, 5.74) is 0.913. The fourth-order valence-corrected chi connectivity index (χ4v) is 1.66. The molecule has 0 spiro atoms. The van der Waals surface area contributed by atoms with Crippen molar-refractivity contribution in [3.63, 3.8) is 0 Å². The summed E-state index contributed by atoms with van der Waals surface area (Å²) in [6.45, 7) is 0.374. The van der Waals surface area contributed by atoms with Gasteiger partial charge in [-0.05, 0) is 17.7 Å². The summed E-state index contributed by atoms with van der Waals surface area (Å²) >= 11 is 0. The fourth-order valence-electron chi connectivity index (χ4n) is 1.66. The monoisotopic (exact) mass is 277 g/mol. The molecule has 1 heterocycles. The highest BCUT2D eigenvalue weighted by Gasteiger charge is 2.09. The molecule has 0 fully saturated rings. The number of hydrogen-bond donors (Lipinski definition) is 1. The molecule has 0 aliphatic heterocycles. The summed E-state index contributed by atoms with van der Waals surface area (Å²) in [6.07, 6.45) is 1.59. The third kappa shape index (κ3) is 3.41. The van der Waals surface area contributed by atoms with Crippen LogP contribution in [0, 0.1) is 15.9 Å². The summed E-state index contributed by atoms with van der Waals surface area (Å²) in [5.74, 6) is -0.191. The predicted molar refractivity (Wildman–Crippen MR) is 71.2 cm³/mol. The third-order valence-electron chi connectivity index (χ3n) is 2.60. The van der Waals surface area contributed by atoms with Gasteiger partial charge in [0.1, 0.15) is 5.82 Å². The van der Waals surface area contributed by atoms with Crippen molar-refractivity contribution in [2.24, 2.45) is 0 Å². The number of anilines is 1. The molecule has 20 heavy (non-hydrogen) atoms. The van der Waals surface area contributed by atoms with E-state index >= 15 is 0 Å². The Labute approximate surface area is 114 Å². The van der Waals surface area contributed by atoms with Crippen LogP contribution < -0.4 is 10.1 Å². The zero-order valence-corrected chi connectivity index (χ0v) is 10.7. The third-order valence-corrected chi connectivity index (χ3v) is 2.60. The maximum Gasteiger partial charge on any atom is 0.274 e. The first kappa shape index (κ1) is 13.7. The van der Waals surface area contributed by atoms with Gasteiger partial charge in [0.15, 0.2) is 0 Å². The molecule has 1 aromatic carbocycles. The first-order valence-corrected chi connectivity index (χ1v) is 5.76. The van der Waals surface area contributed by atoms with Gasteiger partial charge in [-0.2, -0.15) is 0 Å². The maximum absolute atomic E-state index is 13.3. The number of nitrogens with zero attached hydrogens (tertiary/aromatic N) is 2. The van der Waals surface area contributed by atoms with E-state index < -0.39 is 10.7 Å². The molecule has 6 nitrogen and oxygen atoms in total. The molecule has 0 unspecified atom stereocenters. The highest BCUT2D eigenvalue weighted by molar-refractivity contribution is 5.51. The largest absolute Gasteiger partial charge is 0.481 e. The van der Waals surface area contributed by atoms with Crippen molar-refractivity contribution in [3.05, 3.63) is 58.0 Å². The Morgan fingerprint density at radius 1 is 1.40 bits per heavy atom. The Kier molecular flexibility index (Phi) is 4.09. The van der Waals surface area contributed by atoms with Crippen LogP contribution in [0.25, 0.3) is 0 Å². The Morgan fingerprint density at radius 3 is 2.90 bits per heavy atom. The molecular formula is C13H12FN3O3. The number of hydrogen-bond acceptors (Lipinski definition) is 5. The first-order chi connectivity index (χ1) is 9.58. The normalized spacial score (nSPS) is 10.1. The van der Waals surface area contributed by atoms with Gasteiger partial charge in [-0.25, -0.2) is 9.37 Å². The number of nitro groups is 1. The quantitative estimate of drug-likeness (QED) is 0.671. The number of rotatable bonds is 5. The number of nitrogens with one attached hydrogen (secondary N) is 1. The number of methoxy groups -OCH3 is 1. The zero-order chi connectivity index (χ0) is 14.5. The molecular weight excluding hydrogens is 265 g/mol. The van der Waals surface area contributed by atoms with Crippen molar-refractivity contribution in [1.29, 1.82) is 0 Å². The van der Waals surface area contributed by atoms with Crippen molar-refractivity contribution >= 4 is 11.4 Å². The zero-order valence-electron chi connectivity index (χ0n) is 10.7. The molecule has 1 aromatic heterocycles. The molecule has 2 aromatic rings. The van der Waals surface area contributed by atoms with E-state index in [-0.39, 0.29) is 5.69 Å². The molecule has 104 valence electrons. The van der Waals surface area contributed by atoms with Crippen molar-refractivity contribution in [2.45, 2.75) is 6.54 Å². The van der Waals surface area contributed by atoms with Crippen molar-refractivity contribution in [2.75, 3.05) is 12.4 Å². The second kappa shape index (κ2) is 5.96. The van der Waals surface area contributed by atoms with Gasteiger partial charge >= 0.3 is 0 Å². The molecule has 0 aliphatic carbocycles. The topological polar surface area (TPSA) is 77.3 Å². The second-order valence-electron chi connectivity index (χ2n) is 4.02. The van der Waals surface area contributed by atoms with Crippen LogP contribution in [0.15, 0.2) is 36.5 Å². The van der Waals surface area contributed by atoms with Crippen LogP contribution in [-0.4, -0.2) is 17.0 Å². The lowest BCUT2D eigenvalue weighted by atomic mass is 10.2. The summed E-state index contributed by atoms with van der Waals surface area (Å²) in [7, 11) is 1.51. The van der Waals surface area contributed by atoms with Gasteiger partial charge in [0.05, 0.1) is 18.1 Å². The summed E-state index contributed by atoms with van der Waals surface area (Å²) in [5, 5.41) is 13.6. The lowest BCUT2D eigenvalue weighted by Gasteiger charge is -2.07. The minimum absolute atomic E-state index is 0.292. The molecule has 2 rings (SSSR count). The van der Waals surface area contributed by atoms with Crippen molar-refractivity contribution in [1.82, 2.24) is 4.98 Å². The average molecular weight is 277 g/mol. The van der Waals surface area contributed by atoms with Gasteiger partial charge in [-0.1, -0.05) is 0 Å². The van der Waals surface area contributed by atoms with Crippen LogP contribution >= 0.6 is 0 Å². The molecule has 0 saturated carbocycles. The van der Waals surface area contributed by atoms with E-state index in [0.717, 1.165) is 11.6 Å². The Hall–Kier alpha value is -2.70. The van der Waals surface area contributed by atoms with Crippen LogP contribution in [0.1, 0.15) is 5.56 Å². The van der Waals surface area contributed by atoms with Crippen LogP contribution in [0.5, 0.6) is 5.88 Å². The SMILES string of the molecule is COc1cc(CNc2cc(F)cc([N+](=O)[O-])c2)ccn1. The van der Waals surface area contributed by atoms with Gasteiger partial charge in [0, 0.05) is 30.6 Å². The summed E-state index contributed by atoms with van der Waals surface area (Å²) in [6, 6.07) is 6.84. The van der Waals surface area contributed by atoms with E-state index in [9.17, 15) is 14.5 Å². The molecule has 0 radical (unpaired) electrons. The first-order valence-electron chi connectivity index (χ1n) is 5.76. The molecule has 0 amide bonds. The lowest BCUT2D eigenvalue weighted by molar-refractivity contribution is -0.385. The smallest absolute Gasteiger partial charge is 0.274 e. The van der Waals surface area contributed by atoms with E-state index in [0.29, 0.717) is 18.1 Å². The second-order valence-corrected chi connectivity index (χ2v) is 4.02. The Balaban J connectivity index is 2.12. The van der Waals surface area contributed by atoms with E-state index in [2.05, 4.69) is 10.3 Å². The average Bonchev–Trinajstić information content (AvgIpc) is 2.44. The van der Waals surface area contributed by atoms with Crippen LogP contribution in [0.2, 0.25) is 0 Å². The van der Waals surface area contributed by atoms with E-state index in [1.54, 1.807) is 18.3 Å². The number of aromatic nitrogens is 1. The Bertz CT molecular complexity index is 634. The molecule has 1 N–H and O–H groups in total. The number of nitro benzene ring substituents is 1. The molecule has 0 aliphatic rings. The highest BCUT2D eigenvalue weighted by atomic mass is 19.1. The van der Waals surface area contributed by atoms with Crippen molar-refractivity contribution < 1.29 is 14.1 Å². The number of halogens is 1. The molecule has 0 bridgehead atoms. The van der Waals surface area contributed by atoms with Gasteiger partial charge in [-0.3, -0.25) is 10.1 Å². The molecule has 0 saturated heterocycles. The van der Waals surface area contributed by atoms with E-state index in [1.807, 2.05) is 0 Å². The van der Waals surface area contributed by atoms with Gasteiger partial charge < -0.3 is 10.1 Å². The molecule has 7 heteroatoms. The number of non-ortho nitro benzene ring substituents is 1. The van der Waals surface area contributed by atoms with Crippen molar-refractivity contribution in [3.8, 4) is 5.88 Å². The van der Waals surface area contributed by atoms with Crippen LogP contribution in [0.4, 0.5) is 15.8 Å². The number of pyridine rings is 1. The van der Waals surface area contributed by atoms with Gasteiger partial charge in [0.2, 0.25) is 5.88 Å². The van der Waals surface area contributed by atoms with Crippen LogP contribution in [-0.2, 0) is 6.54 Å². The number of benzene rings is 1. The highest BCUT2D eigenvalue weighted by Crippen LogP contribution is 2.20. The minimum atomic E-state index is -0.658. The summed E-state index contributed by atoms with van der Waals surface area (Å²) < 4.78 is 18.2. The van der Waals surface area contributed by atoms with E-state index in [4.69, 9.17) is 4.74 Å². The lowest BCUT2D eigenvalue weighted by Crippen LogP contribution is -2.01. The predicted octanol–water partition coefficient (Wildman–Crippen LogP) is 2.75. The maximum atomic E-state index is 13.3. The minimum Gasteiger partial charge on any atom is -0.481 e. The standard InChI is InChI=1S/C13H12FN3O3/c1-20-13-4-9(2-3-15-13)8-16-11-5-10(14)6-12(7-11)17(18)19/h2-7,16H,8H2,1H3. The van der Waals surface area contributed by atoms with E-state index in [1.165, 1.54) is 19.2 Å². The fraction of sp³-hybridized carbons (Fsp3) is 0.154. The summed E-state index contributed by atoms with van der Waals surface area (Å²) in [4.78, 5) is 14.0. The number of ether oxygens (including phenoxy) is 1. The Morgan fingerprint density at radius 2 is 2.20 bits per heavy atom. The van der Waals surface area contributed by atoms with Crippen LogP contribution in [0.3, 0.4) is 0 Å².